The average Bonchev–Trinajstić information content (AvgIpc) is 3.10. The molecule has 0 fully saturated rings. The molecule has 0 aliphatic carbocycles. The number of anilines is 2. The zero-order chi connectivity index (χ0) is 22.5. The summed E-state index contributed by atoms with van der Waals surface area (Å²) in [6, 6.07) is 7.33. The second-order valence-electron chi connectivity index (χ2n) is 6.41. The third-order valence-electron chi connectivity index (χ3n) is 4.29. The van der Waals surface area contributed by atoms with E-state index in [4.69, 9.17) is 4.74 Å². The number of aromatic nitrogens is 1. The maximum absolute atomic E-state index is 13.6. The lowest BCUT2D eigenvalue weighted by Crippen LogP contribution is -2.16. The Kier molecular flexibility index (Phi) is 6.88. The number of hydrogen-bond donors (Lipinski definition) is 2. The highest BCUT2D eigenvalue weighted by molar-refractivity contribution is 7.16. The number of ether oxygens (including phenoxy) is 1. The van der Waals surface area contributed by atoms with Gasteiger partial charge in [0.05, 0.1) is 22.8 Å². The molecule has 3 rings (SSSR count). The van der Waals surface area contributed by atoms with Crippen LogP contribution in [-0.2, 0) is 4.74 Å². The lowest BCUT2D eigenvalue weighted by Gasteiger charge is -2.11. The SMILES string of the molecule is COCCNc1ccc([N+](=O)[O-])cc1C(=O)Nc1nc(-c2ccc(F)c(F)c2)c(C)s1. The summed E-state index contributed by atoms with van der Waals surface area (Å²) in [5.41, 5.74) is 0.990. The first-order chi connectivity index (χ1) is 14.8. The predicted molar refractivity (Wildman–Crippen MR) is 114 cm³/mol. The fourth-order valence-corrected chi connectivity index (χ4v) is 3.63. The minimum atomic E-state index is -1.00. The van der Waals surface area contributed by atoms with Crippen LogP contribution in [0.1, 0.15) is 15.2 Å². The highest BCUT2D eigenvalue weighted by Crippen LogP contribution is 2.32. The molecule has 31 heavy (non-hydrogen) atoms. The Labute approximate surface area is 180 Å². The van der Waals surface area contributed by atoms with Crippen molar-refractivity contribution >= 4 is 33.8 Å². The van der Waals surface area contributed by atoms with Crippen molar-refractivity contribution in [1.29, 1.82) is 0 Å². The lowest BCUT2D eigenvalue weighted by molar-refractivity contribution is -0.384. The van der Waals surface area contributed by atoms with Crippen molar-refractivity contribution in [3.63, 3.8) is 0 Å². The maximum Gasteiger partial charge on any atom is 0.270 e. The molecule has 0 unspecified atom stereocenters. The number of hydrogen-bond acceptors (Lipinski definition) is 7. The van der Waals surface area contributed by atoms with E-state index in [1.165, 1.54) is 31.4 Å². The molecule has 8 nitrogen and oxygen atoms in total. The van der Waals surface area contributed by atoms with Gasteiger partial charge in [0.2, 0.25) is 0 Å². The molecule has 162 valence electrons. The Morgan fingerprint density at radius 3 is 2.68 bits per heavy atom. The van der Waals surface area contributed by atoms with Crippen LogP contribution in [0.2, 0.25) is 0 Å². The number of non-ortho nitro benzene ring substituents is 1. The van der Waals surface area contributed by atoms with E-state index in [9.17, 15) is 23.7 Å². The predicted octanol–water partition coefficient (Wildman–Crippen LogP) is 4.62. The van der Waals surface area contributed by atoms with Gasteiger partial charge in [0.25, 0.3) is 11.6 Å². The smallest absolute Gasteiger partial charge is 0.270 e. The van der Waals surface area contributed by atoms with E-state index in [1.54, 1.807) is 6.92 Å². The van der Waals surface area contributed by atoms with Crippen molar-refractivity contribution in [3.05, 3.63) is 68.6 Å². The molecular weight excluding hydrogens is 430 g/mol. The van der Waals surface area contributed by atoms with E-state index >= 15 is 0 Å². The van der Waals surface area contributed by atoms with E-state index in [0.717, 1.165) is 23.5 Å². The number of thiazole rings is 1. The highest BCUT2D eigenvalue weighted by atomic mass is 32.1. The van der Waals surface area contributed by atoms with Gasteiger partial charge in [-0.15, -0.1) is 11.3 Å². The Hall–Kier alpha value is -3.44. The molecule has 3 aromatic rings. The van der Waals surface area contributed by atoms with Gasteiger partial charge < -0.3 is 10.1 Å². The van der Waals surface area contributed by atoms with Crippen LogP contribution in [0.4, 0.5) is 25.3 Å². The molecule has 1 amide bonds. The Balaban J connectivity index is 1.87. The maximum atomic E-state index is 13.6. The average molecular weight is 448 g/mol. The minimum absolute atomic E-state index is 0.0625. The number of amides is 1. The fraction of sp³-hybridized carbons (Fsp3) is 0.200. The molecule has 0 saturated heterocycles. The Morgan fingerprint density at radius 1 is 1.23 bits per heavy atom. The zero-order valence-corrected chi connectivity index (χ0v) is 17.4. The van der Waals surface area contributed by atoms with Gasteiger partial charge in [-0.1, -0.05) is 0 Å². The summed E-state index contributed by atoms with van der Waals surface area (Å²) >= 11 is 1.15. The molecule has 0 aliphatic rings. The van der Waals surface area contributed by atoms with Gasteiger partial charge in [-0.25, -0.2) is 13.8 Å². The largest absolute Gasteiger partial charge is 0.383 e. The molecule has 0 saturated carbocycles. The van der Waals surface area contributed by atoms with Crippen LogP contribution in [0.3, 0.4) is 0 Å². The van der Waals surface area contributed by atoms with Crippen LogP contribution in [0.25, 0.3) is 11.3 Å². The summed E-state index contributed by atoms with van der Waals surface area (Å²) in [6.45, 7) is 2.50. The lowest BCUT2D eigenvalue weighted by atomic mass is 10.1. The standard InChI is InChI=1S/C20H18F2N4O4S/c1-11-18(12-3-5-15(21)16(22)9-12)24-20(31-11)25-19(27)14-10-13(26(28)29)4-6-17(14)23-7-8-30-2/h3-6,9-10,23H,7-8H2,1-2H3,(H,24,25,27). The number of nitrogens with one attached hydrogen (secondary N) is 2. The molecule has 0 aliphatic heterocycles. The fourth-order valence-electron chi connectivity index (χ4n) is 2.80. The number of nitrogens with zero attached hydrogens (tertiary/aromatic N) is 2. The zero-order valence-electron chi connectivity index (χ0n) is 16.6. The summed E-state index contributed by atoms with van der Waals surface area (Å²) in [5, 5.41) is 17.0. The van der Waals surface area contributed by atoms with E-state index in [2.05, 4.69) is 15.6 Å². The minimum Gasteiger partial charge on any atom is -0.383 e. The van der Waals surface area contributed by atoms with Gasteiger partial charge >= 0.3 is 0 Å². The van der Waals surface area contributed by atoms with E-state index < -0.39 is 22.5 Å². The first-order valence-corrected chi connectivity index (χ1v) is 9.87. The molecule has 1 aromatic heterocycles. The molecule has 2 aromatic carbocycles. The number of aryl methyl sites for hydroxylation is 1. The van der Waals surface area contributed by atoms with Crippen LogP contribution in [-0.4, -0.2) is 36.1 Å². The van der Waals surface area contributed by atoms with Crippen molar-refractivity contribution in [2.24, 2.45) is 0 Å². The number of carbonyl (C=O) groups excluding carboxylic acids is 1. The van der Waals surface area contributed by atoms with E-state index in [0.29, 0.717) is 35.0 Å². The molecule has 1 heterocycles. The number of carbonyl (C=O) groups is 1. The van der Waals surface area contributed by atoms with Gasteiger partial charge in [-0.2, -0.15) is 0 Å². The van der Waals surface area contributed by atoms with Crippen LogP contribution in [0, 0.1) is 28.7 Å². The van der Waals surface area contributed by atoms with Gasteiger partial charge in [0, 0.05) is 41.9 Å². The van der Waals surface area contributed by atoms with Crippen LogP contribution in [0.5, 0.6) is 0 Å². The Morgan fingerprint density at radius 2 is 2.00 bits per heavy atom. The summed E-state index contributed by atoms with van der Waals surface area (Å²) in [4.78, 5) is 28.4. The number of nitro benzene ring substituents is 1. The third kappa shape index (κ3) is 5.19. The number of methoxy groups -OCH3 is 1. The van der Waals surface area contributed by atoms with Crippen molar-refractivity contribution in [3.8, 4) is 11.3 Å². The highest BCUT2D eigenvalue weighted by Gasteiger charge is 2.19. The molecule has 0 spiro atoms. The molecular formula is C20H18F2N4O4S. The second kappa shape index (κ2) is 9.58. The summed E-state index contributed by atoms with van der Waals surface area (Å²) in [7, 11) is 1.53. The van der Waals surface area contributed by atoms with Crippen molar-refractivity contribution in [1.82, 2.24) is 4.98 Å². The van der Waals surface area contributed by atoms with Gasteiger partial charge in [0.15, 0.2) is 16.8 Å². The van der Waals surface area contributed by atoms with E-state index in [1.807, 2.05) is 0 Å². The molecule has 2 N–H and O–H groups in total. The van der Waals surface area contributed by atoms with Gasteiger partial charge in [0.1, 0.15) is 0 Å². The van der Waals surface area contributed by atoms with Crippen molar-refractivity contribution in [2.45, 2.75) is 6.92 Å². The Bertz CT molecular complexity index is 1140. The number of rotatable bonds is 8. The van der Waals surface area contributed by atoms with Crippen LogP contribution in [0.15, 0.2) is 36.4 Å². The quantitative estimate of drug-likeness (QED) is 0.296. The molecule has 0 bridgehead atoms. The molecule has 11 heteroatoms. The van der Waals surface area contributed by atoms with E-state index in [-0.39, 0.29) is 16.4 Å². The first-order valence-electron chi connectivity index (χ1n) is 9.05. The summed E-state index contributed by atoms with van der Waals surface area (Å²) < 4.78 is 31.7. The summed E-state index contributed by atoms with van der Waals surface area (Å²) in [6.07, 6.45) is 0. The van der Waals surface area contributed by atoms with Crippen LogP contribution < -0.4 is 10.6 Å². The van der Waals surface area contributed by atoms with Gasteiger partial charge in [-0.3, -0.25) is 20.2 Å². The number of benzene rings is 2. The number of halogens is 2. The monoisotopic (exact) mass is 448 g/mol. The van der Waals surface area contributed by atoms with Crippen molar-refractivity contribution in [2.75, 3.05) is 30.9 Å². The summed E-state index contributed by atoms with van der Waals surface area (Å²) in [5.74, 6) is -2.57. The van der Waals surface area contributed by atoms with Crippen molar-refractivity contribution < 1.29 is 23.2 Å². The van der Waals surface area contributed by atoms with Gasteiger partial charge in [-0.05, 0) is 31.2 Å². The first kappa shape index (κ1) is 22.2. The topological polar surface area (TPSA) is 106 Å². The molecule has 0 radical (unpaired) electrons. The molecule has 0 atom stereocenters. The normalized spacial score (nSPS) is 10.7. The second-order valence-corrected chi connectivity index (χ2v) is 7.62. The van der Waals surface area contributed by atoms with Crippen LogP contribution >= 0.6 is 11.3 Å². The number of nitro groups is 1. The third-order valence-corrected chi connectivity index (χ3v) is 5.18.